The molecule has 0 bridgehead atoms. The van der Waals surface area contributed by atoms with Gasteiger partial charge in [0.1, 0.15) is 5.76 Å². The zero-order valence-corrected chi connectivity index (χ0v) is 19.6. The van der Waals surface area contributed by atoms with E-state index in [0.29, 0.717) is 41.3 Å². The smallest absolute Gasteiger partial charge is 0.296 e. The summed E-state index contributed by atoms with van der Waals surface area (Å²) in [4.78, 5) is 45.7. The number of likely N-dealkylation sites (N-methyl/N-ethyl adjacent to an activating group) is 1. The minimum absolute atomic E-state index is 0.148. The van der Waals surface area contributed by atoms with Crippen LogP contribution in [0.4, 0.5) is 5.69 Å². The highest BCUT2D eigenvalue weighted by Gasteiger charge is 2.66. The number of nitrogens with zero attached hydrogens (tertiary/aromatic N) is 3. The number of likely N-dealkylation sites (tertiary alicyclic amines) is 1. The highest BCUT2D eigenvalue weighted by atomic mass is 35.5. The Kier molecular flexibility index (Phi) is 6.03. The fourth-order valence-corrected chi connectivity index (χ4v) is 4.79. The number of benzene rings is 2. The van der Waals surface area contributed by atoms with Gasteiger partial charge in [0.2, 0.25) is 0 Å². The van der Waals surface area contributed by atoms with Gasteiger partial charge in [0.05, 0.1) is 11.3 Å². The van der Waals surface area contributed by atoms with Crippen LogP contribution < -0.4 is 4.90 Å². The van der Waals surface area contributed by atoms with E-state index in [1.54, 1.807) is 41.3 Å². The quantitative estimate of drug-likeness (QED) is 0.401. The summed E-state index contributed by atoms with van der Waals surface area (Å²) in [5.41, 5.74) is -0.451. The van der Waals surface area contributed by atoms with Crippen molar-refractivity contribution in [1.29, 1.82) is 0 Å². The van der Waals surface area contributed by atoms with Crippen molar-refractivity contribution in [1.82, 2.24) is 9.80 Å². The summed E-state index contributed by atoms with van der Waals surface area (Å²) >= 11 is 5.99. The van der Waals surface area contributed by atoms with Gasteiger partial charge in [-0.2, -0.15) is 0 Å². The lowest BCUT2D eigenvalue weighted by Gasteiger charge is -2.35. The number of Topliss-reactive ketones (excluding diaryl/α,β-unsaturated/α-hetero) is 1. The van der Waals surface area contributed by atoms with Crippen LogP contribution in [0, 0.1) is 0 Å². The molecule has 1 fully saturated rings. The first-order valence-electron chi connectivity index (χ1n) is 10.9. The third-order valence-corrected chi connectivity index (χ3v) is 6.40. The summed E-state index contributed by atoms with van der Waals surface area (Å²) in [6, 6.07) is 13.5. The molecule has 172 valence electrons. The summed E-state index contributed by atoms with van der Waals surface area (Å²) < 4.78 is 0. The largest absolute Gasteiger partial charge is 0.507 e. The van der Waals surface area contributed by atoms with Crippen LogP contribution in [0.1, 0.15) is 24.5 Å². The third-order valence-electron chi connectivity index (χ3n) is 6.14. The molecule has 2 amide bonds. The van der Waals surface area contributed by atoms with Crippen LogP contribution in [-0.4, -0.2) is 66.2 Å². The standard InChI is InChI=1S/C25H26ClN3O4/c1-4-13-28-19-8-6-5-7-18(19)25(24(28)33)20(21(30)16-9-11-17(26)12-10-16)22(31)23(32)29(25)15-14-27(2)3/h5-12,30H,4,13-15H2,1-3H3/t25-/m0/s1. The summed E-state index contributed by atoms with van der Waals surface area (Å²) in [6.45, 7) is 2.97. The van der Waals surface area contributed by atoms with Gasteiger partial charge in [-0.15, -0.1) is 0 Å². The van der Waals surface area contributed by atoms with E-state index >= 15 is 0 Å². The molecule has 0 aromatic heterocycles. The van der Waals surface area contributed by atoms with Crippen molar-refractivity contribution in [2.75, 3.05) is 38.6 Å². The summed E-state index contributed by atoms with van der Waals surface area (Å²) in [5, 5.41) is 11.8. The number of aliphatic hydroxyl groups is 1. The van der Waals surface area contributed by atoms with E-state index in [4.69, 9.17) is 11.6 Å². The summed E-state index contributed by atoms with van der Waals surface area (Å²) in [5.74, 6) is -2.46. The number of amides is 2. The van der Waals surface area contributed by atoms with E-state index in [1.165, 1.54) is 4.90 Å². The molecule has 2 aliphatic heterocycles. The number of aliphatic hydroxyl groups excluding tert-OH is 1. The van der Waals surface area contributed by atoms with Gasteiger partial charge >= 0.3 is 0 Å². The highest BCUT2D eigenvalue weighted by Crippen LogP contribution is 2.53. The van der Waals surface area contributed by atoms with Crippen LogP contribution >= 0.6 is 11.6 Å². The Labute approximate surface area is 197 Å². The van der Waals surface area contributed by atoms with E-state index in [2.05, 4.69) is 0 Å². The number of anilines is 1. The first-order valence-corrected chi connectivity index (χ1v) is 11.2. The zero-order valence-electron chi connectivity index (χ0n) is 18.8. The second-order valence-corrected chi connectivity index (χ2v) is 8.94. The molecule has 33 heavy (non-hydrogen) atoms. The van der Waals surface area contributed by atoms with Gasteiger partial charge < -0.3 is 19.8 Å². The maximum Gasteiger partial charge on any atom is 0.296 e. The molecule has 8 heteroatoms. The lowest BCUT2D eigenvalue weighted by Crippen LogP contribution is -2.53. The minimum Gasteiger partial charge on any atom is -0.507 e. The second kappa shape index (κ2) is 8.65. The van der Waals surface area contributed by atoms with E-state index < -0.39 is 23.1 Å². The average molecular weight is 468 g/mol. The number of fused-ring (bicyclic) bond motifs is 2. The Morgan fingerprint density at radius 3 is 2.33 bits per heavy atom. The van der Waals surface area contributed by atoms with E-state index in [9.17, 15) is 19.5 Å². The number of carbonyl (C=O) groups is 3. The first-order chi connectivity index (χ1) is 15.7. The lowest BCUT2D eigenvalue weighted by molar-refractivity contribution is -0.143. The van der Waals surface area contributed by atoms with Crippen molar-refractivity contribution < 1.29 is 19.5 Å². The molecule has 2 aromatic rings. The normalized spacial score (nSPS) is 21.5. The van der Waals surface area contributed by atoms with Crippen LogP contribution in [0.2, 0.25) is 5.02 Å². The minimum atomic E-state index is -1.72. The molecule has 1 atom stereocenters. The molecule has 0 saturated carbocycles. The molecule has 1 spiro atoms. The van der Waals surface area contributed by atoms with Crippen molar-refractivity contribution in [2.45, 2.75) is 18.9 Å². The van der Waals surface area contributed by atoms with E-state index in [1.807, 2.05) is 38.1 Å². The maximum absolute atomic E-state index is 14.1. The Balaban J connectivity index is 2.04. The fraction of sp³-hybridized carbons (Fsp3) is 0.320. The molecule has 1 N–H and O–H groups in total. The molecule has 4 rings (SSSR count). The van der Waals surface area contributed by atoms with Crippen molar-refractivity contribution in [3.8, 4) is 0 Å². The van der Waals surface area contributed by atoms with Gasteiger partial charge in [-0.3, -0.25) is 14.4 Å². The number of rotatable bonds is 6. The summed E-state index contributed by atoms with van der Waals surface area (Å²) in [6.07, 6.45) is 0.692. The number of hydrogen-bond acceptors (Lipinski definition) is 5. The van der Waals surface area contributed by atoms with E-state index in [-0.39, 0.29) is 17.9 Å². The van der Waals surface area contributed by atoms with Crippen LogP contribution in [0.15, 0.2) is 54.1 Å². The lowest BCUT2D eigenvalue weighted by atomic mass is 9.82. The number of para-hydroxylation sites is 1. The van der Waals surface area contributed by atoms with Crippen molar-refractivity contribution in [3.63, 3.8) is 0 Å². The summed E-state index contributed by atoms with van der Waals surface area (Å²) in [7, 11) is 3.70. The topological polar surface area (TPSA) is 81.2 Å². The van der Waals surface area contributed by atoms with Gasteiger partial charge in [-0.1, -0.05) is 36.7 Å². The van der Waals surface area contributed by atoms with Gasteiger partial charge in [-0.05, 0) is 50.8 Å². The second-order valence-electron chi connectivity index (χ2n) is 8.50. The van der Waals surface area contributed by atoms with Crippen LogP contribution in [0.5, 0.6) is 0 Å². The van der Waals surface area contributed by atoms with Crippen LogP contribution in [0.25, 0.3) is 5.76 Å². The zero-order chi connectivity index (χ0) is 23.9. The van der Waals surface area contributed by atoms with Crippen molar-refractivity contribution in [2.24, 2.45) is 0 Å². The monoisotopic (exact) mass is 467 g/mol. The molecule has 0 aliphatic carbocycles. The molecule has 0 radical (unpaired) electrons. The van der Waals surface area contributed by atoms with Crippen molar-refractivity contribution >= 4 is 40.6 Å². The Morgan fingerprint density at radius 1 is 1.03 bits per heavy atom. The molecule has 0 unspecified atom stereocenters. The number of carbonyl (C=O) groups excluding carboxylic acids is 3. The van der Waals surface area contributed by atoms with Crippen LogP contribution in [0.3, 0.4) is 0 Å². The molecule has 1 saturated heterocycles. The molecular formula is C25H26ClN3O4. The third kappa shape index (κ3) is 3.43. The maximum atomic E-state index is 14.1. The molecule has 7 nitrogen and oxygen atoms in total. The Hall–Kier alpha value is -3.16. The van der Waals surface area contributed by atoms with Gasteiger partial charge in [0, 0.05) is 35.8 Å². The van der Waals surface area contributed by atoms with Crippen molar-refractivity contribution in [3.05, 3.63) is 70.3 Å². The molecule has 2 heterocycles. The SMILES string of the molecule is CCCN1C(=O)[C@@]2(C(=C(O)c3ccc(Cl)cc3)C(=O)C(=O)N2CCN(C)C)c2ccccc21. The van der Waals surface area contributed by atoms with Gasteiger partial charge in [0.25, 0.3) is 17.6 Å². The number of halogens is 1. The average Bonchev–Trinajstić information content (AvgIpc) is 3.16. The fourth-order valence-electron chi connectivity index (χ4n) is 4.66. The van der Waals surface area contributed by atoms with Gasteiger partial charge in [0.15, 0.2) is 5.54 Å². The Bertz CT molecular complexity index is 1160. The van der Waals surface area contributed by atoms with E-state index in [0.717, 1.165) is 0 Å². The Morgan fingerprint density at radius 2 is 1.70 bits per heavy atom. The van der Waals surface area contributed by atoms with Crippen LogP contribution in [-0.2, 0) is 19.9 Å². The number of hydrogen-bond donors (Lipinski definition) is 1. The molecule has 2 aromatic carbocycles. The molecular weight excluding hydrogens is 442 g/mol. The highest BCUT2D eigenvalue weighted by molar-refractivity contribution is 6.50. The first kappa shape index (κ1) is 23.0. The predicted octanol–water partition coefficient (Wildman–Crippen LogP) is 3.23. The molecule has 2 aliphatic rings. The predicted molar refractivity (Wildman–Crippen MR) is 127 cm³/mol. The van der Waals surface area contributed by atoms with Gasteiger partial charge in [-0.25, -0.2) is 0 Å². The number of ketones is 1.